The summed E-state index contributed by atoms with van der Waals surface area (Å²) in [5, 5.41) is 5.15. The van der Waals surface area contributed by atoms with E-state index in [0.29, 0.717) is 47.6 Å². The van der Waals surface area contributed by atoms with Crippen LogP contribution in [0.1, 0.15) is 91.1 Å². The fourth-order valence-corrected chi connectivity index (χ4v) is 7.64. The van der Waals surface area contributed by atoms with Crippen LogP contribution in [-0.2, 0) is 4.52 Å². The number of nitrogens with two attached hydrogens (primary N) is 1. The van der Waals surface area contributed by atoms with Gasteiger partial charge in [0, 0.05) is 28.8 Å². The maximum absolute atomic E-state index is 13.0. The van der Waals surface area contributed by atoms with Gasteiger partial charge in [0.15, 0.2) is 0 Å². The Morgan fingerprint density at radius 3 is 2.11 bits per heavy atom. The standard InChI is InChI=1S/C30H43ClN3O5P.C12H12O2/c1-4-38-40(34(3)19-9-8-18-31)39-26-15-12-24(13-16-26)30(36)33-22(2)25-14-17-28(27(20-25)29(32)35)37-21-23-10-6-5-7-11-23;1-13-11-7-8-12(14-2)10-6-4-3-5-9(10)11/h12-17,20,22-23H,4-11,18-19,21H2,1-3H3,(H2,32,35)(H,33,36);3-8H,1-2H3. The lowest BCUT2D eigenvalue weighted by molar-refractivity contribution is 0.0939. The van der Waals surface area contributed by atoms with Crippen molar-refractivity contribution >= 4 is 42.7 Å². The van der Waals surface area contributed by atoms with Crippen molar-refractivity contribution in [3.8, 4) is 23.0 Å². The molecule has 2 unspecified atom stereocenters. The number of methoxy groups -OCH3 is 2. The molecule has 1 aliphatic rings. The molecule has 4 aromatic carbocycles. The van der Waals surface area contributed by atoms with E-state index >= 15 is 0 Å². The number of fused-ring (bicyclic) bond motifs is 1. The number of primary amides is 1. The number of alkyl halides is 1. The van der Waals surface area contributed by atoms with E-state index in [9.17, 15) is 9.59 Å². The number of nitrogens with zero attached hydrogens (tertiary/aromatic N) is 1. The van der Waals surface area contributed by atoms with Crippen molar-refractivity contribution < 1.29 is 32.8 Å². The molecule has 54 heavy (non-hydrogen) atoms. The van der Waals surface area contributed by atoms with Crippen molar-refractivity contribution in [3.05, 3.63) is 95.6 Å². The SMILES string of the molecule is CCOP(Oc1ccc(C(=O)NC(C)c2ccc(OCC3CCCCC3)c(C(N)=O)c2)cc1)N(C)CCCCCl.COc1ccc(OC)c2ccccc12. The van der Waals surface area contributed by atoms with Gasteiger partial charge in [-0.1, -0.05) is 49.6 Å². The molecule has 12 heteroatoms. The molecule has 2 atom stereocenters. The second-order valence-corrected chi connectivity index (χ2v) is 15.2. The second kappa shape index (κ2) is 22.3. The fourth-order valence-electron chi connectivity index (χ4n) is 6.24. The zero-order chi connectivity index (χ0) is 38.9. The van der Waals surface area contributed by atoms with Crippen molar-refractivity contribution in [3.63, 3.8) is 0 Å². The molecule has 3 N–H and O–H groups in total. The minimum Gasteiger partial charge on any atom is -0.496 e. The van der Waals surface area contributed by atoms with Gasteiger partial charge in [-0.3, -0.25) is 9.59 Å². The highest BCUT2D eigenvalue weighted by Crippen LogP contribution is 2.42. The van der Waals surface area contributed by atoms with E-state index in [1.165, 1.54) is 19.3 Å². The summed E-state index contributed by atoms with van der Waals surface area (Å²) in [6.07, 6.45) is 7.94. The Labute approximate surface area is 326 Å². The first-order valence-corrected chi connectivity index (χ1v) is 20.3. The molecule has 0 saturated heterocycles. The van der Waals surface area contributed by atoms with E-state index in [2.05, 4.69) is 9.99 Å². The van der Waals surface area contributed by atoms with Gasteiger partial charge in [-0.05, 0) is 107 Å². The molecule has 0 bridgehead atoms. The van der Waals surface area contributed by atoms with E-state index in [0.717, 1.165) is 60.1 Å². The minimum absolute atomic E-state index is 0.234. The molecule has 0 heterocycles. The molecule has 0 aromatic heterocycles. The third-order valence-electron chi connectivity index (χ3n) is 9.28. The van der Waals surface area contributed by atoms with Crippen LogP contribution in [0.4, 0.5) is 0 Å². The van der Waals surface area contributed by atoms with Crippen molar-refractivity contribution in [2.75, 3.05) is 46.9 Å². The third-order valence-corrected chi connectivity index (χ3v) is 11.2. The van der Waals surface area contributed by atoms with Gasteiger partial charge in [0.2, 0.25) is 0 Å². The van der Waals surface area contributed by atoms with Crippen LogP contribution in [0.3, 0.4) is 0 Å². The summed E-state index contributed by atoms with van der Waals surface area (Å²) in [6.45, 7) is 5.75. The van der Waals surface area contributed by atoms with Gasteiger partial charge in [0.1, 0.15) is 23.0 Å². The molecular weight excluding hydrogens is 725 g/mol. The summed E-state index contributed by atoms with van der Waals surface area (Å²) in [5.74, 6) is 3.24. The normalized spacial score (nSPS) is 14.1. The predicted octanol–water partition coefficient (Wildman–Crippen LogP) is 9.69. The lowest BCUT2D eigenvalue weighted by Crippen LogP contribution is -2.27. The largest absolute Gasteiger partial charge is 0.496 e. The molecule has 10 nitrogen and oxygen atoms in total. The summed E-state index contributed by atoms with van der Waals surface area (Å²) in [6, 6.07) is 23.9. The van der Waals surface area contributed by atoms with E-state index < -0.39 is 14.4 Å². The summed E-state index contributed by atoms with van der Waals surface area (Å²) in [5.41, 5.74) is 7.26. The van der Waals surface area contributed by atoms with Crippen LogP contribution in [-0.4, -0.2) is 63.4 Å². The summed E-state index contributed by atoms with van der Waals surface area (Å²) in [7, 11) is 4.06. The van der Waals surface area contributed by atoms with Gasteiger partial charge in [-0.25, -0.2) is 4.67 Å². The molecule has 0 radical (unpaired) electrons. The highest BCUT2D eigenvalue weighted by atomic mass is 35.5. The van der Waals surface area contributed by atoms with Gasteiger partial charge in [0.25, 0.3) is 11.8 Å². The number of unbranched alkanes of at least 4 members (excludes halogenated alkanes) is 1. The molecule has 1 fully saturated rings. The number of carbonyl (C=O) groups excluding carboxylic acids is 2. The number of carbonyl (C=O) groups is 2. The average Bonchev–Trinajstić information content (AvgIpc) is 3.20. The lowest BCUT2D eigenvalue weighted by Gasteiger charge is -2.25. The van der Waals surface area contributed by atoms with E-state index in [1.807, 2.05) is 63.4 Å². The maximum Gasteiger partial charge on any atom is 0.320 e. The van der Waals surface area contributed by atoms with Gasteiger partial charge in [-0.2, -0.15) is 0 Å². The number of amides is 2. The summed E-state index contributed by atoms with van der Waals surface area (Å²) in [4.78, 5) is 25.2. The third kappa shape index (κ3) is 12.5. The Kier molecular flexibility index (Phi) is 17.6. The van der Waals surface area contributed by atoms with Crippen LogP contribution in [0.5, 0.6) is 23.0 Å². The van der Waals surface area contributed by atoms with E-state index in [4.69, 9.17) is 40.6 Å². The average molecular weight is 780 g/mol. The Morgan fingerprint density at radius 1 is 0.907 bits per heavy atom. The molecule has 5 rings (SSSR count). The molecular formula is C42H55ClN3O7P. The van der Waals surface area contributed by atoms with Crippen LogP contribution in [0.15, 0.2) is 78.9 Å². The molecule has 1 aliphatic carbocycles. The van der Waals surface area contributed by atoms with Crippen LogP contribution in [0.2, 0.25) is 0 Å². The Hall–Kier alpha value is -4.08. The van der Waals surface area contributed by atoms with Crippen LogP contribution < -0.4 is 29.8 Å². The topological polar surface area (TPSA) is 122 Å². The first-order chi connectivity index (χ1) is 26.2. The molecule has 292 valence electrons. The van der Waals surface area contributed by atoms with Gasteiger partial charge >= 0.3 is 8.53 Å². The molecule has 1 saturated carbocycles. The highest BCUT2D eigenvalue weighted by molar-refractivity contribution is 7.45. The monoisotopic (exact) mass is 779 g/mol. The number of rotatable bonds is 18. The Morgan fingerprint density at radius 2 is 1.54 bits per heavy atom. The van der Waals surface area contributed by atoms with Gasteiger partial charge in [0.05, 0.1) is 39.0 Å². The van der Waals surface area contributed by atoms with Crippen molar-refractivity contribution in [2.24, 2.45) is 11.7 Å². The van der Waals surface area contributed by atoms with E-state index in [1.54, 1.807) is 50.6 Å². The number of halogens is 1. The number of hydrogen-bond acceptors (Lipinski definition) is 8. The second-order valence-electron chi connectivity index (χ2n) is 13.2. The van der Waals surface area contributed by atoms with E-state index in [-0.39, 0.29) is 11.9 Å². The van der Waals surface area contributed by atoms with Crippen LogP contribution in [0.25, 0.3) is 10.8 Å². The molecule has 2 amide bonds. The Bertz CT molecular complexity index is 1730. The first-order valence-electron chi connectivity index (χ1n) is 18.6. The first kappa shape index (κ1) is 42.7. The smallest absolute Gasteiger partial charge is 0.320 e. The number of hydrogen-bond donors (Lipinski definition) is 2. The lowest BCUT2D eigenvalue weighted by atomic mass is 9.90. The van der Waals surface area contributed by atoms with Crippen LogP contribution >= 0.6 is 20.1 Å². The molecule has 0 spiro atoms. The number of ether oxygens (including phenoxy) is 3. The zero-order valence-corrected chi connectivity index (χ0v) is 33.8. The maximum atomic E-state index is 13.0. The van der Waals surface area contributed by atoms with Crippen LogP contribution in [0, 0.1) is 5.92 Å². The zero-order valence-electron chi connectivity index (χ0n) is 32.1. The highest BCUT2D eigenvalue weighted by Gasteiger charge is 2.21. The summed E-state index contributed by atoms with van der Waals surface area (Å²) < 4.78 is 30.5. The quantitative estimate of drug-likeness (QED) is 0.0582. The molecule has 4 aromatic rings. The number of nitrogens with one attached hydrogen (secondary N) is 1. The van der Waals surface area contributed by atoms with Crippen molar-refractivity contribution in [2.45, 2.75) is 64.8 Å². The summed E-state index contributed by atoms with van der Waals surface area (Å²) >= 11 is 5.79. The van der Waals surface area contributed by atoms with Crippen molar-refractivity contribution in [1.29, 1.82) is 0 Å². The molecule has 0 aliphatic heterocycles. The predicted molar refractivity (Wildman–Crippen MR) is 218 cm³/mol. The number of benzene rings is 4. The van der Waals surface area contributed by atoms with Gasteiger partial charge < -0.3 is 34.3 Å². The van der Waals surface area contributed by atoms with Crippen molar-refractivity contribution in [1.82, 2.24) is 9.99 Å². The minimum atomic E-state index is -1.26. The fraction of sp³-hybridized carbons (Fsp3) is 0.429. The van der Waals surface area contributed by atoms with Gasteiger partial charge in [-0.15, -0.1) is 11.6 Å². The Balaban J connectivity index is 0.000000385.